The first-order valence-electron chi connectivity index (χ1n) is 5.85. The lowest BCUT2D eigenvalue weighted by molar-refractivity contribution is 0.195. The van der Waals surface area contributed by atoms with Crippen LogP contribution in [-0.2, 0) is 4.74 Å². The Kier molecular flexibility index (Phi) is 5.25. The molecule has 0 saturated carbocycles. The number of rotatable bonds is 6. The fourth-order valence-electron chi connectivity index (χ4n) is 1.75. The quantitative estimate of drug-likeness (QED) is 0.796. The molecule has 0 aliphatic carbocycles. The second-order valence-corrected chi connectivity index (χ2v) is 3.99. The first-order valence-corrected chi connectivity index (χ1v) is 5.85. The summed E-state index contributed by atoms with van der Waals surface area (Å²) in [6.45, 7) is 5.95. The number of ether oxygens (including phenoxy) is 1. The lowest BCUT2D eigenvalue weighted by atomic mass is 10.1. The van der Waals surface area contributed by atoms with Crippen molar-refractivity contribution in [1.29, 1.82) is 0 Å². The summed E-state index contributed by atoms with van der Waals surface area (Å²) in [4.78, 5) is 2.11. The molecule has 17 heavy (non-hydrogen) atoms. The molecule has 4 nitrogen and oxygen atoms in total. The Hall–Kier alpha value is -1.26. The number of hydrogen-bond donors (Lipinski definition) is 2. The van der Waals surface area contributed by atoms with Crippen LogP contribution in [0.3, 0.4) is 0 Å². The summed E-state index contributed by atoms with van der Waals surface area (Å²) in [6.07, 6.45) is -0.655. The molecule has 0 aliphatic rings. The van der Waals surface area contributed by atoms with Crippen LogP contribution >= 0.6 is 0 Å². The number of phenolic OH excluding ortho intramolecular Hbond substituents is 1. The molecule has 1 aromatic carbocycles. The lowest BCUT2D eigenvalue weighted by Gasteiger charge is -2.23. The molecule has 0 spiro atoms. The van der Waals surface area contributed by atoms with Gasteiger partial charge < -0.3 is 19.8 Å². The molecule has 0 amide bonds. The van der Waals surface area contributed by atoms with Crippen molar-refractivity contribution in [2.75, 3.05) is 31.7 Å². The van der Waals surface area contributed by atoms with E-state index in [0.29, 0.717) is 12.2 Å². The maximum absolute atomic E-state index is 9.81. The largest absolute Gasteiger partial charge is 0.507 e. The number of methoxy groups -OCH3 is 1. The molecule has 1 aromatic rings. The predicted molar refractivity (Wildman–Crippen MR) is 68.5 cm³/mol. The van der Waals surface area contributed by atoms with Crippen molar-refractivity contribution in [3.05, 3.63) is 23.8 Å². The molecule has 2 N–H and O–H groups in total. The molecule has 0 heterocycles. The standard InChI is InChI=1S/C13H21NO3/c1-4-14(7-8-17-3)11-5-6-12(10(2)15)13(16)9-11/h5-6,9-10,15-16H,4,7-8H2,1-3H3. The Morgan fingerprint density at radius 3 is 2.59 bits per heavy atom. The summed E-state index contributed by atoms with van der Waals surface area (Å²) >= 11 is 0. The van der Waals surface area contributed by atoms with Crippen LogP contribution < -0.4 is 4.90 Å². The smallest absolute Gasteiger partial charge is 0.123 e. The van der Waals surface area contributed by atoms with Crippen LogP contribution in [0, 0.1) is 0 Å². The number of hydrogen-bond acceptors (Lipinski definition) is 4. The Labute approximate surface area is 102 Å². The average molecular weight is 239 g/mol. The predicted octanol–water partition coefficient (Wildman–Crippen LogP) is 1.92. The number of benzene rings is 1. The summed E-state index contributed by atoms with van der Waals surface area (Å²) in [5.74, 6) is 0.133. The highest BCUT2D eigenvalue weighted by molar-refractivity contribution is 5.53. The van der Waals surface area contributed by atoms with Crippen molar-refractivity contribution in [1.82, 2.24) is 0 Å². The third-order valence-corrected chi connectivity index (χ3v) is 2.78. The number of nitrogens with zero attached hydrogens (tertiary/aromatic N) is 1. The van der Waals surface area contributed by atoms with Gasteiger partial charge in [-0.25, -0.2) is 0 Å². The van der Waals surface area contributed by atoms with E-state index in [1.807, 2.05) is 6.07 Å². The van der Waals surface area contributed by atoms with E-state index in [-0.39, 0.29) is 5.75 Å². The molecule has 0 radical (unpaired) electrons. The number of aromatic hydroxyl groups is 1. The maximum atomic E-state index is 9.81. The zero-order valence-corrected chi connectivity index (χ0v) is 10.7. The van der Waals surface area contributed by atoms with Gasteiger partial charge >= 0.3 is 0 Å². The van der Waals surface area contributed by atoms with Crippen molar-refractivity contribution in [3.8, 4) is 5.75 Å². The van der Waals surface area contributed by atoms with Gasteiger partial charge in [-0.2, -0.15) is 0 Å². The number of anilines is 1. The first-order chi connectivity index (χ1) is 8.10. The molecule has 96 valence electrons. The number of phenols is 1. The van der Waals surface area contributed by atoms with E-state index in [2.05, 4.69) is 11.8 Å². The van der Waals surface area contributed by atoms with Crippen LogP contribution in [0.1, 0.15) is 25.5 Å². The van der Waals surface area contributed by atoms with E-state index in [1.165, 1.54) is 0 Å². The normalized spacial score (nSPS) is 12.5. The van der Waals surface area contributed by atoms with E-state index in [9.17, 15) is 10.2 Å². The Morgan fingerprint density at radius 2 is 2.12 bits per heavy atom. The van der Waals surface area contributed by atoms with Crippen LogP contribution in [0.2, 0.25) is 0 Å². The van der Waals surface area contributed by atoms with Gasteiger partial charge in [0.2, 0.25) is 0 Å². The molecule has 1 rings (SSSR count). The average Bonchev–Trinajstić information content (AvgIpc) is 2.29. The molecule has 0 aliphatic heterocycles. The van der Waals surface area contributed by atoms with Crippen molar-refractivity contribution >= 4 is 5.69 Å². The summed E-state index contributed by atoms with van der Waals surface area (Å²) in [5.41, 5.74) is 1.49. The fraction of sp³-hybridized carbons (Fsp3) is 0.538. The molecule has 0 aromatic heterocycles. The molecule has 0 fully saturated rings. The molecule has 1 unspecified atom stereocenters. The second kappa shape index (κ2) is 6.47. The highest BCUT2D eigenvalue weighted by Gasteiger charge is 2.10. The van der Waals surface area contributed by atoms with Gasteiger partial charge in [0, 0.05) is 37.5 Å². The summed E-state index contributed by atoms with van der Waals surface area (Å²) < 4.78 is 5.04. The minimum Gasteiger partial charge on any atom is -0.507 e. The summed E-state index contributed by atoms with van der Waals surface area (Å²) in [5, 5.41) is 19.3. The SMILES string of the molecule is CCN(CCOC)c1ccc(C(C)O)c(O)c1. The second-order valence-electron chi connectivity index (χ2n) is 3.99. The van der Waals surface area contributed by atoms with E-state index < -0.39 is 6.10 Å². The highest BCUT2D eigenvalue weighted by Crippen LogP contribution is 2.28. The van der Waals surface area contributed by atoms with E-state index in [1.54, 1.807) is 26.2 Å². The van der Waals surface area contributed by atoms with Gasteiger partial charge in [0.25, 0.3) is 0 Å². The maximum Gasteiger partial charge on any atom is 0.123 e. The van der Waals surface area contributed by atoms with Crippen molar-refractivity contribution in [2.24, 2.45) is 0 Å². The Balaban J connectivity index is 2.86. The number of aliphatic hydroxyl groups is 1. The lowest BCUT2D eigenvalue weighted by Crippen LogP contribution is -2.26. The number of likely N-dealkylation sites (N-methyl/N-ethyl adjacent to an activating group) is 1. The van der Waals surface area contributed by atoms with Gasteiger partial charge in [0.15, 0.2) is 0 Å². The molecule has 0 bridgehead atoms. The summed E-state index contributed by atoms with van der Waals surface area (Å²) in [7, 11) is 1.67. The van der Waals surface area contributed by atoms with Gasteiger partial charge in [-0.3, -0.25) is 0 Å². The van der Waals surface area contributed by atoms with Crippen LogP contribution in [0.25, 0.3) is 0 Å². The molecule has 1 atom stereocenters. The number of aliphatic hydroxyl groups excluding tert-OH is 1. The van der Waals surface area contributed by atoms with Crippen LogP contribution in [0.5, 0.6) is 5.75 Å². The van der Waals surface area contributed by atoms with Gasteiger partial charge in [-0.1, -0.05) is 6.07 Å². The summed E-state index contributed by atoms with van der Waals surface area (Å²) in [6, 6.07) is 5.34. The van der Waals surface area contributed by atoms with Crippen LogP contribution in [0.15, 0.2) is 18.2 Å². The van der Waals surface area contributed by atoms with Gasteiger partial charge in [-0.15, -0.1) is 0 Å². The van der Waals surface area contributed by atoms with Crippen molar-refractivity contribution in [3.63, 3.8) is 0 Å². The van der Waals surface area contributed by atoms with Crippen LogP contribution in [-0.4, -0.2) is 37.0 Å². The molecular formula is C13H21NO3. The molecule has 4 heteroatoms. The molecule has 0 saturated heterocycles. The highest BCUT2D eigenvalue weighted by atomic mass is 16.5. The Bertz CT molecular complexity index is 353. The third kappa shape index (κ3) is 3.61. The first kappa shape index (κ1) is 13.8. The van der Waals surface area contributed by atoms with Crippen molar-refractivity contribution < 1.29 is 14.9 Å². The molecular weight excluding hydrogens is 218 g/mol. The van der Waals surface area contributed by atoms with E-state index in [4.69, 9.17) is 4.74 Å². The third-order valence-electron chi connectivity index (χ3n) is 2.78. The van der Waals surface area contributed by atoms with Gasteiger partial charge in [0.05, 0.1) is 12.7 Å². The fourth-order valence-corrected chi connectivity index (χ4v) is 1.75. The van der Waals surface area contributed by atoms with Crippen molar-refractivity contribution in [2.45, 2.75) is 20.0 Å². The minimum atomic E-state index is -0.655. The monoisotopic (exact) mass is 239 g/mol. The van der Waals surface area contributed by atoms with Gasteiger partial charge in [-0.05, 0) is 19.9 Å². The zero-order valence-electron chi connectivity index (χ0n) is 10.7. The van der Waals surface area contributed by atoms with E-state index in [0.717, 1.165) is 18.8 Å². The van der Waals surface area contributed by atoms with E-state index >= 15 is 0 Å². The zero-order chi connectivity index (χ0) is 12.8. The minimum absolute atomic E-state index is 0.133. The topological polar surface area (TPSA) is 52.9 Å². The Morgan fingerprint density at radius 1 is 1.41 bits per heavy atom. The van der Waals surface area contributed by atoms with Crippen LogP contribution in [0.4, 0.5) is 5.69 Å². The van der Waals surface area contributed by atoms with Gasteiger partial charge in [0.1, 0.15) is 5.75 Å².